The van der Waals surface area contributed by atoms with Crippen LogP contribution >= 0.6 is 0 Å². The lowest BCUT2D eigenvalue weighted by molar-refractivity contribution is -0.139. The number of nitrogens with zero attached hydrogens (tertiary/aromatic N) is 2. The third-order valence-electron chi connectivity index (χ3n) is 11.0. The summed E-state index contributed by atoms with van der Waals surface area (Å²) >= 11 is 0. The Morgan fingerprint density at radius 1 is 1.04 bits per heavy atom. The van der Waals surface area contributed by atoms with Gasteiger partial charge in [-0.25, -0.2) is 22.2 Å². The lowest BCUT2D eigenvalue weighted by Crippen LogP contribution is -2.49. The molecule has 2 aliphatic carbocycles. The molecule has 3 aromatic rings. The van der Waals surface area contributed by atoms with Gasteiger partial charge in [-0.05, 0) is 81.0 Å². The van der Waals surface area contributed by atoms with E-state index in [1.807, 2.05) is 42.5 Å². The summed E-state index contributed by atoms with van der Waals surface area (Å²) in [5.74, 6) is -3.50. The number of fused-ring (bicyclic) bond motifs is 3. The topological polar surface area (TPSA) is 135 Å². The number of halogens is 2. The highest BCUT2D eigenvalue weighted by molar-refractivity contribution is 7.91. The molecule has 3 heterocycles. The number of pyridine rings is 1. The van der Waals surface area contributed by atoms with Gasteiger partial charge in [-0.3, -0.25) is 19.1 Å². The van der Waals surface area contributed by atoms with Gasteiger partial charge in [0.25, 0.3) is 0 Å². The number of ketones is 1. The number of nitrogens with one attached hydrogen (secondary N) is 2. The van der Waals surface area contributed by atoms with Crippen LogP contribution in [-0.4, -0.2) is 65.4 Å². The molecule has 0 bridgehead atoms. The molecule has 270 valence electrons. The summed E-state index contributed by atoms with van der Waals surface area (Å²) in [5.41, 5.74) is -1.04. The molecule has 4 aliphatic rings. The number of Topliss-reactive ketones (excluding diaryl/α,β-unsaturated/α-hetero) is 1. The van der Waals surface area contributed by atoms with Crippen LogP contribution in [0.2, 0.25) is 0 Å². The van der Waals surface area contributed by atoms with Crippen molar-refractivity contribution in [3.8, 4) is 5.88 Å². The van der Waals surface area contributed by atoms with Crippen LogP contribution in [-0.2, 0) is 24.4 Å². The molecule has 2 aliphatic heterocycles. The first-order valence-corrected chi connectivity index (χ1v) is 19.2. The Morgan fingerprint density at radius 3 is 2.63 bits per heavy atom. The number of aromatic nitrogens is 1. The monoisotopic (exact) mass is 720 g/mol. The third kappa shape index (κ3) is 7.09. The summed E-state index contributed by atoms with van der Waals surface area (Å²) in [6.45, 7) is 1.65. The molecule has 2 N–H and O–H groups in total. The van der Waals surface area contributed by atoms with Gasteiger partial charge in [-0.2, -0.15) is 0 Å². The van der Waals surface area contributed by atoms with Gasteiger partial charge < -0.3 is 15.0 Å². The van der Waals surface area contributed by atoms with Crippen LogP contribution in [0.3, 0.4) is 0 Å². The Balaban J connectivity index is 1.20. The average Bonchev–Trinajstić information content (AvgIpc) is 3.98. The molecule has 0 radical (unpaired) electrons. The Bertz CT molecular complexity index is 2000. The van der Waals surface area contributed by atoms with E-state index >= 15 is 0 Å². The van der Waals surface area contributed by atoms with Crippen LogP contribution in [0.15, 0.2) is 66.9 Å². The van der Waals surface area contributed by atoms with Gasteiger partial charge in [0.2, 0.25) is 27.7 Å². The van der Waals surface area contributed by atoms with Crippen LogP contribution in [0, 0.1) is 23.0 Å². The predicted molar refractivity (Wildman–Crippen MR) is 187 cm³/mol. The zero-order chi connectivity index (χ0) is 36.0. The van der Waals surface area contributed by atoms with Crippen molar-refractivity contribution in [3.05, 3.63) is 78.5 Å². The van der Waals surface area contributed by atoms with Gasteiger partial charge in [0, 0.05) is 36.2 Å². The highest BCUT2D eigenvalue weighted by Crippen LogP contribution is 2.57. The van der Waals surface area contributed by atoms with Crippen LogP contribution in [0.5, 0.6) is 5.88 Å². The number of benzene rings is 2. The highest BCUT2D eigenvalue weighted by Gasteiger charge is 2.62. The smallest absolute Gasteiger partial charge is 0.245 e. The van der Waals surface area contributed by atoms with Gasteiger partial charge >= 0.3 is 0 Å². The second-order valence-corrected chi connectivity index (χ2v) is 16.9. The highest BCUT2D eigenvalue weighted by atomic mass is 32.2. The largest absolute Gasteiger partial charge is 0.472 e. The molecule has 5 atom stereocenters. The first kappa shape index (κ1) is 35.0. The number of hydrogen-bond donors (Lipinski definition) is 2. The molecule has 1 aromatic heterocycles. The third-order valence-corrected chi connectivity index (χ3v) is 13.2. The zero-order valence-corrected chi connectivity index (χ0v) is 29.3. The maximum absolute atomic E-state index is 14.5. The predicted octanol–water partition coefficient (Wildman–Crippen LogP) is 5.83. The van der Waals surface area contributed by atoms with Gasteiger partial charge in [-0.15, -0.1) is 0 Å². The average molecular weight is 721 g/mol. The molecular weight excluding hydrogens is 679 g/mol. The number of hydrogen-bond acceptors (Lipinski definition) is 8. The maximum Gasteiger partial charge on any atom is 0.245 e. The molecule has 2 aromatic carbocycles. The molecule has 10 nitrogen and oxygen atoms in total. The van der Waals surface area contributed by atoms with Gasteiger partial charge in [0.1, 0.15) is 12.1 Å². The van der Waals surface area contributed by atoms with Crippen molar-refractivity contribution in [2.45, 2.75) is 94.1 Å². The normalized spacial score (nSPS) is 28.5. The molecule has 13 heteroatoms. The summed E-state index contributed by atoms with van der Waals surface area (Å²) in [6.07, 6.45) is 9.32. The van der Waals surface area contributed by atoms with Crippen molar-refractivity contribution in [2.75, 3.05) is 11.9 Å². The quantitative estimate of drug-likeness (QED) is 0.292. The molecule has 2 saturated carbocycles. The molecule has 2 amide bonds. The summed E-state index contributed by atoms with van der Waals surface area (Å²) in [6, 6.07) is 10.9. The number of anilines is 1. The van der Waals surface area contributed by atoms with Crippen molar-refractivity contribution < 1.29 is 36.3 Å². The molecule has 7 rings (SSSR count). The van der Waals surface area contributed by atoms with Crippen molar-refractivity contribution in [2.24, 2.45) is 11.3 Å². The second kappa shape index (κ2) is 13.6. The Hall–Kier alpha value is -4.39. The molecule has 1 saturated heterocycles. The Kier molecular flexibility index (Phi) is 9.36. The molecular formula is C38H42F2N4O6S. The van der Waals surface area contributed by atoms with Crippen LogP contribution < -0.4 is 14.8 Å². The summed E-state index contributed by atoms with van der Waals surface area (Å²) < 4.78 is 61.9. The van der Waals surface area contributed by atoms with E-state index in [1.54, 1.807) is 13.1 Å². The minimum absolute atomic E-state index is 0.0470. The lowest BCUT2D eigenvalue weighted by atomic mass is 9.91. The Labute approximate surface area is 296 Å². The summed E-state index contributed by atoms with van der Waals surface area (Å²) in [4.78, 5) is 48.7. The number of sulfonamides is 1. The van der Waals surface area contributed by atoms with E-state index in [0.29, 0.717) is 44.4 Å². The van der Waals surface area contributed by atoms with Gasteiger partial charge in [-0.1, -0.05) is 43.2 Å². The minimum Gasteiger partial charge on any atom is -0.472 e. The van der Waals surface area contributed by atoms with Crippen LogP contribution in [0.4, 0.5) is 14.5 Å². The number of allylic oxidation sites excluding steroid dienone is 2. The number of rotatable bonds is 7. The first-order chi connectivity index (χ1) is 24.4. The van der Waals surface area contributed by atoms with Crippen molar-refractivity contribution >= 4 is 44.1 Å². The van der Waals surface area contributed by atoms with E-state index in [1.165, 1.54) is 11.0 Å². The van der Waals surface area contributed by atoms with E-state index in [0.717, 1.165) is 35.7 Å². The second-order valence-electron chi connectivity index (χ2n) is 14.7. The van der Waals surface area contributed by atoms with Crippen LogP contribution in [0.25, 0.3) is 10.8 Å². The molecule has 0 unspecified atom stereocenters. The zero-order valence-electron chi connectivity index (χ0n) is 28.4. The van der Waals surface area contributed by atoms with E-state index in [4.69, 9.17) is 4.74 Å². The molecule has 3 fully saturated rings. The SMILES string of the molecule is CC1(S(=O)(=O)NC(=O)[C@]23CC(=O)[C@@H]4C[C@@H](Oc5nccc6ccccc56)CN4C(=O)[C@@H](Nc4ccc(F)c(F)c4)CCCCC/C=C\[C@@H]2C3)CC1. The van der Waals surface area contributed by atoms with Crippen molar-refractivity contribution in [3.63, 3.8) is 0 Å². The lowest BCUT2D eigenvalue weighted by Gasteiger charge is -2.30. The first-order valence-electron chi connectivity index (χ1n) is 17.7. The van der Waals surface area contributed by atoms with Crippen molar-refractivity contribution in [1.82, 2.24) is 14.6 Å². The number of carbonyl (C=O) groups excluding carboxylic acids is 3. The summed E-state index contributed by atoms with van der Waals surface area (Å²) in [5, 5.41) is 4.77. The van der Waals surface area contributed by atoms with Crippen LogP contribution in [0.1, 0.15) is 71.1 Å². The van der Waals surface area contributed by atoms with E-state index in [-0.39, 0.29) is 36.8 Å². The summed E-state index contributed by atoms with van der Waals surface area (Å²) in [7, 11) is -3.95. The fraction of sp³-hybridized carbons (Fsp3) is 0.474. The minimum atomic E-state index is -3.95. The van der Waals surface area contributed by atoms with E-state index in [2.05, 4.69) is 15.0 Å². The number of amides is 2. The Morgan fingerprint density at radius 2 is 1.84 bits per heavy atom. The van der Waals surface area contributed by atoms with Gasteiger partial charge in [0.15, 0.2) is 17.4 Å². The fourth-order valence-corrected chi connectivity index (χ4v) is 8.75. The fourth-order valence-electron chi connectivity index (χ4n) is 7.42. The van der Waals surface area contributed by atoms with Crippen molar-refractivity contribution in [1.29, 1.82) is 0 Å². The molecule has 51 heavy (non-hydrogen) atoms. The van der Waals surface area contributed by atoms with E-state index in [9.17, 15) is 31.6 Å². The standard InChI is InChI=1S/C38H42F2N4O6S/c1-37(16-17-37)51(48,49)43-36(47)38-21-25(38)10-5-3-2-4-6-12-31(42-26-13-14-29(39)30(40)19-26)35(46)44-23-27(20-32(44)33(45)22-38)50-34-28-11-8-7-9-24(28)15-18-41-34/h5,7-11,13-15,18-19,25,27,31-32,42H,2-4,6,12,16-17,20-23H2,1H3,(H,43,47)/b10-5-/t25-,27-,31+,32+,38-/m1/s1. The number of ether oxygens (including phenoxy) is 1. The van der Waals surface area contributed by atoms with E-state index < -0.39 is 61.8 Å². The van der Waals surface area contributed by atoms with Gasteiger partial charge in [0.05, 0.1) is 22.7 Å². The number of carbonyl (C=O) groups is 3. The maximum atomic E-state index is 14.5. The molecule has 0 spiro atoms.